The van der Waals surface area contributed by atoms with Gasteiger partial charge in [0.15, 0.2) is 23.1 Å². The van der Waals surface area contributed by atoms with Gasteiger partial charge < -0.3 is 40.6 Å². The molecule has 2 aromatic carbocycles. The van der Waals surface area contributed by atoms with Gasteiger partial charge in [0.05, 0.1) is 85.2 Å². The molecular formula is C51H50F4N12O6. The molecule has 0 saturated heterocycles. The quantitative estimate of drug-likeness (QED) is 0.0538. The molecule has 0 aliphatic carbocycles. The van der Waals surface area contributed by atoms with Gasteiger partial charge in [0.1, 0.15) is 11.5 Å². The number of urea groups is 2. The molecule has 6 aromatic heterocycles. The summed E-state index contributed by atoms with van der Waals surface area (Å²) in [6, 6.07) is 13.1. The zero-order valence-electron chi connectivity index (χ0n) is 40.1. The zero-order valence-corrected chi connectivity index (χ0v) is 40.1. The first-order valence-electron chi connectivity index (χ1n) is 22.6. The van der Waals surface area contributed by atoms with Gasteiger partial charge in [0.25, 0.3) is 0 Å². The second-order valence-electron chi connectivity index (χ2n) is 16.6. The number of anilines is 4. The summed E-state index contributed by atoms with van der Waals surface area (Å²) in [5, 5.41) is 27.1. The number of hydrogen-bond acceptors (Lipinski definition) is 12. The van der Waals surface area contributed by atoms with Crippen LogP contribution in [0.15, 0.2) is 123 Å². The van der Waals surface area contributed by atoms with Crippen molar-refractivity contribution in [1.82, 2.24) is 39.5 Å². The Kier molecular flexibility index (Phi) is 17.4. The van der Waals surface area contributed by atoms with Crippen LogP contribution in [-0.2, 0) is 17.8 Å². The highest BCUT2D eigenvalue weighted by Gasteiger charge is 2.20. The fourth-order valence-electron chi connectivity index (χ4n) is 6.71. The van der Waals surface area contributed by atoms with Crippen molar-refractivity contribution in [2.24, 2.45) is 0 Å². The van der Waals surface area contributed by atoms with Gasteiger partial charge in [0, 0.05) is 67.6 Å². The van der Waals surface area contributed by atoms with Crippen LogP contribution in [0.3, 0.4) is 0 Å². The number of aliphatic hydroxyl groups is 1. The van der Waals surface area contributed by atoms with Crippen LogP contribution in [0.25, 0.3) is 22.5 Å². The minimum Gasteiger partial charge on any atom is -0.454 e. The summed E-state index contributed by atoms with van der Waals surface area (Å²) in [5.74, 6) is -4.82. The van der Waals surface area contributed by atoms with E-state index in [1.165, 1.54) is 61.2 Å². The summed E-state index contributed by atoms with van der Waals surface area (Å²) in [4.78, 5) is 41.3. The van der Waals surface area contributed by atoms with E-state index in [1.54, 1.807) is 77.9 Å². The molecule has 18 nitrogen and oxygen atoms in total. The van der Waals surface area contributed by atoms with Gasteiger partial charge in [-0.3, -0.25) is 29.3 Å². The minimum atomic E-state index is -1.27. The molecule has 0 fully saturated rings. The second kappa shape index (κ2) is 24.4. The van der Waals surface area contributed by atoms with Crippen molar-refractivity contribution >= 4 is 34.8 Å². The number of pyridine rings is 4. The molecule has 0 radical (unpaired) electrons. The number of aliphatic hydroxyl groups excluding tert-OH is 1. The van der Waals surface area contributed by atoms with Gasteiger partial charge in [-0.25, -0.2) is 18.4 Å². The van der Waals surface area contributed by atoms with E-state index >= 15 is 0 Å². The van der Waals surface area contributed by atoms with Crippen molar-refractivity contribution in [2.75, 3.05) is 41.6 Å². The summed E-state index contributed by atoms with van der Waals surface area (Å²) >= 11 is 0. The number of hydrogen-bond donors (Lipinski definition) is 5. The number of carbonyl (C=O) groups excluding carboxylic acids is 2. The largest absolute Gasteiger partial charge is 0.454 e. The molecule has 0 aliphatic rings. The average molecular weight is 1000 g/mol. The molecule has 22 heteroatoms. The predicted molar refractivity (Wildman–Crippen MR) is 265 cm³/mol. The predicted octanol–water partition coefficient (Wildman–Crippen LogP) is 11.0. The number of rotatable bonds is 17. The Balaban J connectivity index is 0.000000214. The lowest BCUT2D eigenvalue weighted by molar-refractivity contribution is 0.183. The maximum absolute atomic E-state index is 14.8. The summed E-state index contributed by atoms with van der Waals surface area (Å²) in [7, 11) is 1.61. The van der Waals surface area contributed by atoms with E-state index in [2.05, 4.69) is 51.4 Å². The molecule has 5 N–H and O–H groups in total. The van der Waals surface area contributed by atoms with Crippen LogP contribution in [0.4, 0.5) is 49.9 Å². The maximum atomic E-state index is 14.8. The van der Waals surface area contributed by atoms with Crippen molar-refractivity contribution in [3.05, 3.63) is 157 Å². The highest BCUT2D eigenvalue weighted by atomic mass is 19.2. The monoisotopic (exact) mass is 1000 g/mol. The first-order chi connectivity index (χ1) is 35.2. The molecule has 73 heavy (non-hydrogen) atoms. The number of methoxy groups -OCH3 is 1. The third-order valence-electron chi connectivity index (χ3n) is 10.6. The van der Waals surface area contributed by atoms with Gasteiger partial charge in [-0.15, -0.1) is 0 Å². The van der Waals surface area contributed by atoms with Crippen molar-refractivity contribution in [3.63, 3.8) is 0 Å². The summed E-state index contributed by atoms with van der Waals surface area (Å²) in [5.41, 5.74) is 4.47. The number of benzene rings is 2. The Morgan fingerprint density at radius 2 is 1.04 bits per heavy atom. The highest BCUT2D eigenvalue weighted by Crippen LogP contribution is 2.33. The van der Waals surface area contributed by atoms with E-state index < -0.39 is 35.3 Å². The minimum absolute atomic E-state index is 0.0580. The zero-order chi connectivity index (χ0) is 52.0. The molecule has 0 spiro atoms. The van der Waals surface area contributed by atoms with Crippen LogP contribution in [-0.4, -0.2) is 77.0 Å². The molecule has 4 amide bonds. The highest BCUT2D eigenvalue weighted by molar-refractivity contribution is 6.00. The lowest BCUT2D eigenvalue weighted by atomic mass is 10.1. The van der Waals surface area contributed by atoms with Gasteiger partial charge in [-0.1, -0.05) is 27.7 Å². The Morgan fingerprint density at radius 3 is 1.47 bits per heavy atom. The van der Waals surface area contributed by atoms with Crippen molar-refractivity contribution in [1.29, 1.82) is 0 Å². The van der Waals surface area contributed by atoms with E-state index in [0.29, 0.717) is 48.0 Å². The number of halogens is 4. The first-order valence-corrected chi connectivity index (χ1v) is 22.6. The lowest BCUT2D eigenvalue weighted by Crippen LogP contribution is -2.20. The topological polar surface area (TPSA) is 217 Å². The average Bonchev–Trinajstić information content (AvgIpc) is 4.07. The second-order valence-corrected chi connectivity index (χ2v) is 16.6. The van der Waals surface area contributed by atoms with Gasteiger partial charge in [-0.2, -0.15) is 19.0 Å². The molecule has 8 aromatic rings. The van der Waals surface area contributed by atoms with E-state index in [0.717, 1.165) is 16.7 Å². The number of nitrogens with zero attached hydrogens (tertiary/aromatic N) is 8. The molecule has 0 saturated carbocycles. The third-order valence-corrected chi connectivity index (χ3v) is 10.6. The van der Waals surface area contributed by atoms with Crippen LogP contribution in [0.1, 0.15) is 50.7 Å². The van der Waals surface area contributed by atoms with Crippen LogP contribution in [0.5, 0.6) is 23.0 Å². The summed E-state index contributed by atoms with van der Waals surface area (Å²) < 4.78 is 78.4. The molecule has 0 unspecified atom stereocenters. The number of carbonyl (C=O) groups is 2. The third kappa shape index (κ3) is 14.0. The number of ether oxygens (including phenoxy) is 3. The van der Waals surface area contributed by atoms with Crippen molar-refractivity contribution in [2.45, 2.75) is 52.6 Å². The maximum Gasteiger partial charge on any atom is 0.323 e. The van der Waals surface area contributed by atoms with E-state index in [1.807, 2.05) is 27.7 Å². The normalized spacial score (nSPS) is 11.0. The number of amides is 4. The fourth-order valence-corrected chi connectivity index (χ4v) is 6.71. The van der Waals surface area contributed by atoms with Crippen LogP contribution in [0.2, 0.25) is 0 Å². The number of nitrogens with one attached hydrogen (secondary N) is 4. The summed E-state index contributed by atoms with van der Waals surface area (Å²) in [6.45, 7) is 9.33. The Hall–Kier alpha value is -8.76. The molecule has 0 bridgehead atoms. The van der Waals surface area contributed by atoms with E-state index in [9.17, 15) is 27.2 Å². The number of aromatic nitrogens is 8. The molecule has 8 rings (SSSR count). The standard InChI is InChI=1S/C26H26F2N6O3.C25H24F2N6O3/c1-16(2)17-10-19(14-29-12-17)32-26(35)33-21-4-5-23(25(28)24(21)27)37-20-6-7-30-22(11-20)18-13-31-34(15-18)8-9-36-3;1-15(2)16-9-18(13-28-11-16)31-25(35)32-20-3-4-22(24(27)23(20)26)36-19-5-6-29-21(10-19)17-12-30-33(14-17)7-8-34/h4-7,10-16H,8-9H2,1-3H3,(H2,32,33,35);3-6,9-15,34H,7-8H2,1-2H3,(H2,31,32,35). The lowest BCUT2D eigenvalue weighted by Gasteiger charge is -2.12. The fraction of sp³-hybridized carbons (Fsp3) is 0.216. The molecular weight excluding hydrogens is 953 g/mol. The van der Waals surface area contributed by atoms with Gasteiger partial charge >= 0.3 is 12.1 Å². The molecule has 0 aliphatic heterocycles. The van der Waals surface area contributed by atoms with Gasteiger partial charge in [-0.05, 0) is 71.5 Å². The van der Waals surface area contributed by atoms with Crippen LogP contribution in [0, 0.1) is 23.3 Å². The Labute approximate surface area is 416 Å². The van der Waals surface area contributed by atoms with E-state index in [4.69, 9.17) is 19.3 Å². The first kappa shape index (κ1) is 52.1. The van der Waals surface area contributed by atoms with E-state index in [-0.39, 0.29) is 52.8 Å². The molecule has 6 heterocycles. The van der Waals surface area contributed by atoms with Crippen molar-refractivity contribution < 1.29 is 46.5 Å². The van der Waals surface area contributed by atoms with Crippen LogP contribution < -0.4 is 30.7 Å². The Morgan fingerprint density at radius 1 is 0.589 bits per heavy atom. The Bertz CT molecular complexity index is 3190. The van der Waals surface area contributed by atoms with Gasteiger partial charge in [0.2, 0.25) is 11.6 Å². The van der Waals surface area contributed by atoms with Crippen molar-refractivity contribution in [3.8, 4) is 45.5 Å². The smallest absolute Gasteiger partial charge is 0.323 e. The molecule has 378 valence electrons. The molecule has 0 atom stereocenters. The SMILES string of the molecule is CC(C)c1cncc(NC(=O)Nc2ccc(Oc3ccnc(-c4cnn(CCO)c4)c3)c(F)c2F)c1.COCCn1cc(-c2cc(Oc3ccc(NC(=O)Nc4cncc(C(C)C)c4)c(F)c3F)ccn2)cn1. The summed E-state index contributed by atoms with van der Waals surface area (Å²) in [6.07, 6.45) is 16.0. The van der Waals surface area contributed by atoms with Crippen LogP contribution >= 0.6 is 0 Å².